The molecule has 0 aromatic rings. The van der Waals surface area contributed by atoms with Crippen molar-refractivity contribution in [2.45, 2.75) is 144 Å². The van der Waals surface area contributed by atoms with Crippen LogP contribution in [0.1, 0.15) is 144 Å². The molecule has 2 amide bonds. The molecule has 0 bridgehead atoms. The van der Waals surface area contributed by atoms with Gasteiger partial charge in [-0.25, -0.2) is 0 Å². The second kappa shape index (κ2) is 22.0. The van der Waals surface area contributed by atoms with E-state index < -0.39 is 0 Å². The molecular formula is C34H60N2O2. The van der Waals surface area contributed by atoms with Crippen LogP contribution < -0.4 is 0 Å². The zero-order valence-corrected chi connectivity index (χ0v) is 25.8. The summed E-state index contributed by atoms with van der Waals surface area (Å²) in [5.74, 6) is 0.183. The molecule has 0 spiro atoms. The Labute approximate surface area is 236 Å². The zero-order chi connectivity index (χ0) is 28.0. The van der Waals surface area contributed by atoms with Crippen molar-refractivity contribution in [3.05, 3.63) is 34.9 Å². The predicted octanol–water partition coefficient (Wildman–Crippen LogP) is 9.17. The molecular weight excluding hydrogens is 468 g/mol. The normalized spacial score (nSPS) is 15.0. The van der Waals surface area contributed by atoms with Gasteiger partial charge in [-0.1, -0.05) is 119 Å². The van der Waals surface area contributed by atoms with Gasteiger partial charge in [-0.3, -0.25) is 9.59 Å². The smallest absolute Gasteiger partial charge is 0.242 e. The van der Waals surface area contributed by atoms with E-state index in [4.69, 9.17) is 0 Å². The van der Waals surface area contributed by atoms with Gasteiger partial charge in [0.05, 0.1) is 6.54 Å². The third-order valence-corrected chi connectivity index (χ3v) is 7.67. The van der Waals surface area contributed by atoms with Crippen molar-refractivity contribution in [2.24, 2.45) is 0 Å². The Morgan fingerprint density at radius 2 is 1.05 bits per heavy atom. The second-order valence-corrected chi connectivity index (χ2v) is 11.8. The Hall–Kier alpha value is -1.84. The van der Waals surface area contributed by atoms with Gasteiger partial charge in [-0.05, 0) is 59.8 Å². The molecule has 1 aliphatic heterocycles. The van der Waals surface area contributed by atoms with E-state index in [0.717, 1.165) is 45.1 Å². The number of unbranched alkanes of at least 4 members (excludes halogenated alkanes) is 12. The lowest BCUT2D eigenvalue weighted by atomic mass is 10.0. The maximum Gasteiger partial charge on any atom is 0.242 e. The van der Waals surface area contributed by atoms with Crippen LogP contribution in [0.5, 0.6) is 0 Å². The first-order valence-corrected chi connectivity index (χ1v) is 15.8. The Morgan fingerprint density at radius 1 is 0.605 bits per heavy atom. The highest BCUT2D eigenvalue weighted by Gasteiger charge is 2.28. The van der Waals surface area contributed by atoms with Crippen LogP contribution in [0.25, 0.3) is 0 Å². The Bertz CT molecular complexity index is 746. The highest BCUT2D eigenvalue weighted by Crippen LogP contribution is 2.15. The van der Waals surface area contributed by atoms with E-state index in [1.807, 2.05) is 0 Å². The van der Waals surface area contributed by atoms with Gasteiger partial charge >= 0.3 is 0 Å². The van der Waals surface area contributed by atoms with E-state index >= 15 is 0 Å². The lowest BCUT2D eigenvalue weighted by Crippen LogP contribution is -2.53. The van der Waals surface area contributed by atoms with E-state index in [-0.39, 0.29) is 24.9 Å². The van der Waals surface area contributed by atoms with Crippen LogP contribution in [0.2, 0.25) is 0 Å². The molecule has 218 valence electrons. The summed E-state index contributed by atoms with van der Waals surface area (Å²) in [5, 5.41) is 0. The molecule has 0 radical (unpaired) electrons. The molecule has 38 heavy (non-hydrogen) atoms. The number of allylic oxidation sites excluding steroid dienone is 5. The van der Waals surface area contributed by atoms with Gasteiger partial charge in [0, 0.05) is 13.1 Å². The third-order valence-electron chi connectivity index (χ3n) is 7.67. The number of rotatable bonds is 22. The van der Waals surface area contributed by atoms with E-state index in [9.17, 15) is 9.59 Å². The van der Waals surface area contributed by atoms with Crippen LogP contribution in [0, 0.1) is 0 Å². The number of amides is 2. The summed E-state index contributed by atoms with van der Waals surface area (Å²) >= 11 is 0. The highest BCUT2D eigenvalue weighted by molar-refractivity contribution is 5.92. The standard InChI is InChI=1S/C34H60N2O2/c1-6-7-8-9-10-11-12-13-14-15-16-17-18-26-35-28-34(38)36(29-33(35)37)27-25-32(5)24-20-23-31(4)22-19-21-30(2)3/h21,23,25H,6-20,22,24,26-29H2,1-5H3/b31-23+,32-25+. The molecule has 1 heterocycles. The summed E-state index contributed by atoms with van der Waals surface area (Å²) in [6.45, 7) is 12.6. The van der Waals surface area contributed by atoms with Gasteiger partial charge in [0.1, 0.15) is 6.54 Å². The molecule has 0 atom stereocenters. The minimum atomic E-state index is 0.0818. The molecule has 0 aromatic heterocycles. The van der Waals surface area contributed by atoms with Crippen molar-refractivity contribution in [2.75, 3.05) is 26.2 Å². The minimum Gasteiger partial charge on any atom is -0.332 e. The van der Waals surface area contributed by atoms with Gasteiger partial charge in [-0.2, -0.15) is 0 Å². The van der Waals surface area contributed by atoms with E-state index in [1.54, 1.807) is 9.80 Å². The molecule has 0 unspecified atom stereocenters. The molecule has 0 aliphatic carbocycles. The Balaban J connectivity index is 2.14. The van der Waals surface area contributed by atoms with Crippen LogP contribution >= 0.6 is 0 Å². The molecule has 1 aliphatic rings. The molecule has 0 N–H and O–H groups in total. The van der Waals surface area contributed by atoms with Crippen molar-refractivity contribution in [1.29, 1.82) is 0 Å². The topological polar surface area (TPSA) is 40.6 Å². The maximum atomic E-state index is 12.6. The fraction of sp³-hybridized carbons (Fsp3) is 0.765. The Kier molecular flexibility index (Phi) is 19.8. The molecule has 1 rings (SSSR count). The quantitative estimate of drug-likeness (QED) is 0.104. The van der Waals surface area contributed by atoms with Crippen molar-refractivity contribution in [3.8, 4) is 0 Å². The van der Waals surface area contributed by atoms with Crippen molar-refractivity contribution >= 4 is 11.8 Å². The molecule has 0 saturated carbocycles. The monoisotopic (exact) mass is 528 g/mol. The average molecular weight is 529 g/mol. The first-order valence-electron chi connectivity index (χ1n) is 15.8. The second-order valence-electron chi connectivity index (χ2n) is 11.8. The van der Waals surface area contributed by atoms with Crippen molar-refractivity contribution < 1.29 is 9.59 Å². The largest absolute Gasteiger partial charge is 0.332 e. The van der Waals surface area contributed by atoms with Crippen molar-refractivity contribution in [1.82, 2.24) is 9.80 Å². The fourth-order valence-electron chi connectivity index (χ4n) is 5.00. The average Bonchev–Trinajstić information content (AvgIpc) is 2.87. The van der Waals surface area contributed by atoms with Crippen LogP contribution in [-0.2, 0) is 9.59 Å². The summed E-state index contributed by atoms with van der Waals surface area (Å²) in [6, 6.07) is 0. The third kappa shape index (κ3) is 17.6. The van der Waals surface area contributed by atoms with E-state index in [1.165, 1.54) is 87.3 Å². The lowest BCUT2D eigenvalue weighted by molar-refractivity contribution is -0.149. The molecule has 1 saturated heterocycles. The predicted molar refractivity (Wildman–Crippen MR) is 164 cm³/mol. The van der Waals surface area contributed by atoms with Crippen LogP contribution in [0.3, 0.4) is 0 Å². The summed E-state index contributed by atoms with van der Waals surface area (Å²) in [4.78, 5) is 28.7. The molecule has 1 fully saturated rings. The van der Waals surface area contributed by atoms with E-state index in [0.29, 0.717) is 6.54 Å². The zero-order valence-electron chi connectivity index (χ0n) is 25.8. The number of hydrogen-bond donors (Lipinski definition) is 0. The summed E-state index contributed by atoms with van der Waals surface area (Å²) in [6.07, 6.45) is 28.2. The van der Waals surface area contributed by atoms with Gasteiger partial charge in [-0.15, -0.1) is 0 Å². The van der Waals surface area contributed by atoms with Crippen LogP contribution in [0.4, 0.5) is 0 Å². The number of piperazine rings is 1. The number of carbonyl (C=O) groups excluding carboxylic acids is 2. The van der Waals surface area contributed by atoms with E-state index in [2.05, 4.69) is 52.8 Å². The first kappa shape index (κ1) is 34.2. The molecule has 0 aromatic carbocycles. The fourth-order valence-corrected chi connectivity index (χ4v) is 5.00. The van der Waals surface area contributed by atoms with Gasteiger partial charge < -0.3 is 9.80 Å². The number of hydrogen-bond acceptors (Lipinski definition) is 2. The summed E-state index contributed by atoms with van der Waals surface area (Å²) < 4.78 is 0. The Morgan fingerprint density at radius 3 is 1.61 bits per heavy atom. The summed E-state index contributed by atoms with van der Waals surface area (Å²) in [7, 11) is 0. The van der Waals surface area contributed by atoms with Gasteiger partial charge in [0.15, 0.2) is 0 Å². The van der Waals surface area contributed by atoms with Crippen LogP contribution in [0.15, 0.2) is 34.9 Å². The highest BCUT2D eigenvalue weighted by atomic mass is 16.2. The van der Waals surface area contributed by atoms with Gasteiger partial charge in [0.2, 0.25) is 11.8 Å². The molecule has 4 heteroatoms. The van der Waals surface area contributed by atoms with Crippen molar-refractivity contribution in [3.63, 3.8) is 0 Å². The molecule has 4 nitrogen and oxygen atoms in total. The van der Waals surface area contributed by atoms with Gasteiger partial charge in [0.25, 0.3) is 0 Å². The maximum absolute atomic E-state index is 12.6. The number of carbonyl (C=O) groups is 2. The lowest BCUT2D eigenvalue weighted by Gasteiger charge is -2.33. The minimum absolute atomic E-state index is 0.0818. The SMILES string of the molecule is CCCCCCCCCCCCCCCN1CC(=O)N(C/C=C(\C)CC/C=C(\C)CCC=C(C)C)CC1=O. The van der Waals surface area contributed by atoms with Crippen LogP contribution in [-0.4, -0.2) is 47.8 Å². The summed E-state index contributed by atoms with van der Waals surface area (Å²) in [5.41, 5.74) is 4.11. The first-order chi connectivity index (χ1) is 18.3. The number of nitrogens with zero attached hydrogens (tertiary/aromatic N) is 2.